The lowest BCUT2D eigenvalue weighted by molar-refractivity contribution is 0.0941. The molecular formula is C17H14N4O2. The van der Waals surface area contributed by atoms with Gasteiger partial charge in [0.2, 0.25) is 0 Å². The van der Waals surface area contributed by atoms with Crippen LogP contribution in [0.3, 0.4) is 0 Å². The summed E-state index contributed by atoms with van der Waals surface area (Å²) in [4.78, 5) is 19.7. The normalized spacial score (nSPS) is 11.2. The van der Waals surface area contributed by atoms with Gasteiger partial charge in [0.1, 0.15) is 5.76 Å². The van der Waals surface area contributed by atoms with Crippen molar-refractivity contribution >= 4 is 27.7 Å². The molecule has 1 aromatic carbocycles. The molecule has 6 nitrogen and oxygen atoms in total. The lowest BCUT2D eigenvalue weighted by Crippen LogP contribution is -2.23. The summed E-state index contributed by atoms with van der Waals surface area (Å²) in [5.41, 5.74) is 3.11. The van der Waals surface area contributed by atoms with Gasteiger partial charge in [-0.15, -0.1) is 0 Å². The quantitative estimate of drug-likeness (QED) is 0.609. The third-order valence-electron chi connectivity index (χ3n) is 3.74. The molecule has 0 fully saturated rings. The van der Waals surface area contributed by atoms with Crippen LogP contribution in [-0.2, 0) is 6.54 Å². The maximum Gasteiger partial charge on any atom is 0.273 e. The van der Waals surface area contributed by atoms with E-state index in [9.17, 15) is 4.79 Å². The Morgan fingerprint density at radius 1 is 1.22 bits per heavy atom. The van der Waals surface area contributed by atoms with Crippen LogP contribution in [0.2, 0.25) is 0 Å². The number of rotatable bonds is 3. The smallest absolute Gasteiger partial charge is 0.273 e. The van der Waals surface area contributed by atoms with E-state index >= 15 is 0 Å². The first-order chi connectivity index (χ1) is 11.2. The topological polar surface area (TPSA) is 83.8 Å². The molecule has 0 saturated heterocycles. The molecule has 2 N–H and O–H groups in total. The van der Waals surface area contributed by atoms with Crippen LogP contribution in [0.15, 0.2) is 47.1 Å². The summed E-state index contributed by atoms with van der Waals surface area (Å²) in [6.07, 6.45) is 1.79. The molecule has 23 heavy (non-hydrogen) atoms. The van der Waals surface area contributed by atoms with E-state index in [0.717, 1.165) is 27.5 Å². The summed E-state index contributed by atoms with van der Waals surface area (Å²) in [7, 11) is 0. The van der Waals surface area contributed by atoms with Crippen molar-refractivity contribution in [2.75, 3.05) is 0 Å². The van der Waals surface area contributed by atoms with Gasteiger partial charge in [0, 0.05) is 22.4 Å². The minimum Gasteiger partial charge on any atom is -0.361 e. The van der Waals surface area contributed by atoms with Gasteiger partial charge in [-0.05, 0) is 19.1 Å². The minimum absolute atomic E-state index is 0.274. The standard InChI is InChI=1S/C17H14N4O2/c1-10-6-15(21-23-10)17(22)19-8-11-7-13-12-4-2-3-5-14(12)20-16(13)9-18-11/h2-7,9,20H,8H2,1H3,(H,19,22). The number of H-pyrrole nitrogens is 1. The van der Waals surface area contributed by atoms with E-state index in [0.29, 0.717) is 12.3 Å². The van der Waals surface area contributed by atoms with Crippen LogP contribution in [0, 0.1) is 6.92 Å². The van der Waals surface area contributed by atoms with Crippen molar-refractivity contribution in [3.8, 4) is 0 Å². The molecule has 4 aromatic rings. The number of carbonyl (C=O) groups is 1. The molecular weight excluding hydrogens is 292 g/mol. The van der Waals surface area contributed by atoms with Crippen molar-refractivity contribution in [1.29, 1.82) is 0 Å². The Morgan fingerprint density at radius 3 is 2.91 bits per heavy atom. The van der Waals surface area contributed by atoms with Crippen LogP contribution in [0.4, 0.5) is 0 Å². The van der Waals surface area contributed by atoms with E-state index in [1.165, 1.54) is 0 Å². The number of pyridine rings is 1. The van der Waals surface area contributed by atoms with E-state index < -0.39 is 0 Å². The maximum atomic E-state index is 12.0. The van der Waals surface area contributed by atoms with Crippen LogP contribution >= 0.6 is 0 Å². The molecule has 3 heterocycles. The third-order valence-corrected chi connectivity index (χ3v) is 3.74. The highest BCUT2D eigenvalue weighted by Crippen LogP contribution is 2.24. The fourth-order valence-corrected chi connectivity index (χ4v) is 2.62. The van der Waals surface area contributed by atoms with Gasteiger partial charge in [-0.3, -0.25) is 9.78 Å². The Kier molecular flexibility index (Phi) is 3.08. The zero-order chi connectivity index (χ0) is 15.8. The maximum absolute atomic E-state index is 12.0. The highest BCUT2D eigenvalue weighted by atomic mass is 16.5. The van der Waals surface area contributed by atoms with Gasteiger partial charge in [-0.2, -0.15) is 0 Å². The third kappa shape index (κ3) is 2.44. The molecule has 0 unspecified atom stereocenters. The Morgan fingerprint density at radius 2 is 2.09 bits per heavy atom. The number of carbonyl (C=O) groups excluding carboxylic acids is 1. The molecule has 4 rings (SSSR count). The van der Waals surface area contributed by atoms with Crippen LogP contribution in [-0.4, -0.2) is 21.0 Å². The van der Waals surface area contributed by atoms with E-state index in [1.807, 2.05) is 24.3 Å². The molecule has 0 saturated carbocycles. The molecule has 0 aliphatic carbocycles. The van der Waals surface area contributed by atoms with Gasteiger partial charge in [0.25, 0.3) is 5.91 Å². The van der Waals surface area contributed by atoms with Crippen molar-refractivity contribution < 1.29 is 9.32 Å². The highest BCUT2D eigenvalue weighted by Gasteiger charge is 2.11. The predicted octanol–water partition coefficient (Wildman–Crippen LogP) is 2.94. The highest BCUT2D eigenvalue weighted by molar-refractivity contribution is 6.06. The number of nitrogens with zero attached hydrogens (tertiary/aromatic N) is 2. The molecule has 0 aliphatic heterocycles. The van der Waals surface area contributed by atoms with E-state index in [4.69, 9.17) is 4.52 Å². The number of aryl methyl sites for hydroxylation is 1. The van der Waals surface area contributed by atoms with E-state index in [-0.39, 0.29) is 11.6 Å². The average molecular weight is 306 g/mol. The van der Waals surface area contributed by atoms with Crippen LogP contribution in [0.1, 0.15) is 21.9 Å². The Hall–Kier alpha value is -3.15. The predicted molar refractivity (Wildman–Crippen MR) is 86.0 cm³/mol. The monoisotopic (exact) mass is 306 g/mol. The van der Waals surface area contributed by atoms with Gasteiger partial charge in [-0.1, -0.05) is 23.4 Å². The summed E-state index contributed by atoms with van der Waals surface area (Å²) in [6, 6.07) is 11.7. The lowest BCUT2D eigenvalue weighted by Gasteiger charge is -2.02. The second kappa shape index (κ2) is 5.24. The Balaban J connectivity index is 1.59. The SMILES string of the molecule is Cc1cc(C(=O)NCc2cc3c(cn2)[nH]c2ccccc23)no1. The first kappa shape index (κ1) is 13.5. The Labute approximate surface area is 131 Å². The second-order valence-electron chi connectivity index (χ2n) is 5.40. The number of amides is 1. The summed E-state index contributed by atoms with van der Waals surface area (Å²) in [6.45, 7) is 2.08. The van der Waals surface area contributed by atoms with Crippen LogP contribution in [0.25, 0.3) is 21.8 Å². The zero-order valence-electron chi connectivity index (χ0n) is 12.5. The molecule has 0 atom stereocenters. The van der Waals surface area contributed by atoms with Crippen molar-refractivity contribution in [3.05, 3.63) is 59.7 Å². The van der Waals surface area contributed by atoms with Gasteiger partial charge in [0.05, 0.1) is 24.0 Å². The van der Waals surface area contributed by atoms with Gasteiger partial charge in [0.15, 0.2) is 5.69 Å². The number of nitrogens with one attached hydrogen (secondary N) is 2. The summed E-state index contributed by atoms with van der Waals surface area (Å²) in [5, 5.41) is 8.74. The number of benzene rings is 1. The molecule has 0 aliphatic rings. The Bertz CT molecular complexity index is 1020. The number of hydrogen-bond donors (Lipinski definition) is 2. The first-order valence-corrected chi connectivity index (χ1v) is 7.27. The fraction of sp³-hybridized carbons (Fsp3) is 0.118. The average Bonchev–Trinajstić information content (AvgIpc) is 3.16. The van der Waals surface area contributed by atoms with Crippen molar-refractivity contribution in [1.82, 2.24) is 20.4 Å². The molecule has 0 radical (unpaired) electrons. The van der Waals surface area contributed by atoms with Gasteiger partial charge < -0.3 is 14.8 Å². The number of para-hydroxylation sites is 1. The van der Waals surface area contributed by atoms with Crippen molar-refractivity contribution in [2.45, 2.75) is 13.5 Å². The number of hydrogen-bond acceptors (Lipinski definition) is 4. The summed E-state index contributed by atoms with van der Waals surface area (Å²) < 4.78 is 4.90. The second-order valence-corrected chi connectivity index (χ2v) is 5.40. The van der Waals surface area contributed by atoms with Gasteiger partial charge in [-0.25, -0.2) is 0 Å². The largest absolute Gasteiger partial charge is 0.361 e. The van der Waals surface area contributed by atoms with Crippen LogP contribution < -0.4 is 5.32 Å². The minimum atomic E-state index is -0.275. The number of fused-ring (bicyclic) bond motifs is 3. The first-order valence-electron chi connectivity index (χ1n) is 7.27. The molecule has 114 valence electrons. The van der Waals surface area contributed by atoms with Crippen molar-refractivity contribution in [3.63, 3.8) is 0 Å². The molecule has 1 amide bonds. The fourth-order valence-electron chi connectivity index (χ4n) is 2.62. The van der Waals surface area contributed by atoms with E-state index in [1.54, 1.807) is 19.2 Å². The molecule has 0 spiro atoms. The van der Waals surface area contributed by atoms with Crippen LogP contribution in [0.5, 0.6) is 0 Å². The summed E-state index contributed by atoms with van der Waals surface area (Å²) >= 11 is 0. The van der Waals surface area contributed by atoms with Crippen molar-refractivity contribution in [2.24, 2.45) is 0 Å². The molecule has 3 aromatic heterocycles. The molecule has 6 heteroatoms. The van der Waals surface area contributed by atoms with Gasteiger partial charge >= 0.3 is 0 Å². The zero-order valence-corrected chi connectivity index (χ0v) is 12.5. The number of aromatic nitrogens is 3. The summed E-state index contributed by atoms with van der Waals surface area (Å²) in [5.74, 6) is 0.330. The molecule has 0 bridgehead atoms. The lowest BCUT2D eigenvalue weighted by atomic mass is 10.1. The number of aromatic amines is 1. The van der Waals surface area contributed by atoms with E-state index in [2.05, 4.69) is 26.5 Å².